The van der Waals surface area contributed by atoms with E-state index in [4.69, 9.17) is 0 Å². The van der Waals surface area contributed by atoms with Crippen LogP contribution in [0.5, 0.6) is 0 Å². The zero-order valence-corrected chi connectivity index (χ0v) is 14.2. The Hall–Kier alpha value is -2.43. The molecule has 0 rings (SSSR count). The largest absolute Gasteiger partial charge is 0.355 e. The highest BCUT2D eigenvalue weighted by Gasteiger charge is 2.01. The summed E-state index contributed by atoms with van der Waals surface area (Å²) in [5, 5.41) is 7.73. The number of carbonyl (C=O) groups excluding carboxylic acids is 2. The van der Waals surface area contributed by atoms with E-state index in [0.717, 1.165) is 5.57 Å². The van der Waals surface area contributed by atoms with Crippen LogP contribution < -0.4 is 5.32 Å². The second kappa shape index (κ2) is 15.0. The van der Waals surface area contributed by atoms with E-state index in [9.17, 15) is 9.59 Å². The normalized spacial score (nSPS) is 11.9. The summed E-state index contributed by atoms with van der Waals surface area (Å²) in [5.74, 6) is -0.183. The van der Waals surface area contributed by atoms with Gasteiger partial charge in [0.1, 0.15) is 0 Å². The van der Waals surface area contributed by atoms with E-state index in [0.29, 0.717) is 18.5 Å². The Labute approximate surface area is 133 Å². The number of nitrogens with one attached hydrogen (secondary N) is 1. The van der Waals surface area contributed by atoms with Gasteiger partial charge in [-0.25, -0.2) is 5.01 Å². The number of nitrogens with zero attached hydrogens (tertiary/aromatic N) is 2. The van der Waals surface area contributed by atoms with Crippen molar-refractivity contribution in [3.8, 4) is 0 Å². The lowest BCUT2D eigenvalue weighted by molar-refractivity contribution is -0.118. The quantitative estimate of drug-likeness (QED) is 0.246. The SMILES string of the molecule is C=C/C=C\C(=C/C)CN(C=O)/N=C\C=C(/C)C(=O)NC.CC. The standard InChI is InChI=1S/C15H21N3O2.C2H6/c1-5-7-8-14(6-2)11-18(12-19)17-10-9-13(3)15(20)16-4;1-2/h5-10,12H,1,11H2,2-4H3,(H,16,20);1-2H3/b8-7-,13-9+,14-6+,17-10-;. The van der Waals surface area contributed by atoms with Crippen LogP contribution in [0.4, 0.5) is 0 Å². The third-order valence-electron chi connectivity index (χ3n) is 2.41. The summed E-state index contributed by atoms with van der Waals surface area (Å²) in [5.41, 5.74) is 1.45. The van der Waals surface area contributed by atoms with Crippen LogP contribution in [0.2, 0.25) is 0 Å². The fourth-order valence-electron chi connectivity index (χ4n) is 1.23. The zero-order chi connectivity index (χ0) is 17.4. The minimum atomic E-state index is -0.183. The second-order valence-electron chi connectivity index (χ2n) is 3.85. The molecule has 0 saturated heterocycles. The molecule has 5 nitrogen and oxygen atoms in total. The van der Waals surface area contributed by atoms with E-state index in [1.54, 1.807) is 32.2 Å². The van der Waals surface area contributed by atoms with Gasteiger partial charge in [-0.05, 0) is 25.5 Å². The molecule has 0 saturated carbocycles. The van der Waals surface area contributed by atoms with Crippen molar-refractivity contribution in [3.63, 3.8) is 0 Å². The van der Waals surface area contributed by atoms with Gasteiger partial charge in [0.05, 0.1) is 6.54 Å². The summed E-state index contributed by atoms with van der Waals surface area (Å²) in [6, 6.07) is 0. The van der Waals surface area contributed by atoms with Gasteiger partial charge in [0.25, 0.3) is 0 Å². The molecule has 122 valence electrons. The first-order chi connectivity index (χ1) is 10.6. The molecule has 1 N–H and O–H groups in total. The van der Waals surface area contributed by atoms with E-state index in [1.165, 1.54) is 11.2 Å². The van der Waals surface area contributed by atoms with Gasteiger partial charge in [0, 0.05) is 18.8 Å². The summed E-state index contributed by atoms with van der Waals surface area (Å²) in [6.07, 6.45) is 10.8. The van der Waals surface area contributed by atoms with Crippen molar-refractivity contribution in [2.24, 2.45) is 5.10 Å². The third kappa shape index (κ3) is 10.4. The van der Waals surface area contributed by atoms with Gasteiger partial charge in [0.15, 0.2) is 0 Å². The van der Waals surface area contributed by atoms with Crippen LogP contribution in [0, 0.1) is 0 Å². The molecule has 0 aliphatic rings. The van der Waals surface area contributed by atoms with E-state index >= 15 is 0 Å². The number of hydrazone groups is 1. The van der Waals surface area contributed by atoms with Crippen molar-refractivity contribution in [3.05, 3.63) is 48.1 Å². The Balaban J connectivity index is 0. The number of carbonyl (C=O) groups is 2. The average Bonchev–Trinajstić information content (AvgIpc) is 2.57. The molecule has 0 aliphatic carbocycles. The highest BCUT2D eigenvalue weighted by molar-refractivity contribution is 5.96. The molecular formula is C17H27N3O2. The summed E-state index contributed by atoms with van der Waals surface area (Å²) >= 11 is 0. The van der Waals surface area contributed by atoms with E-state index in [1.807, 2.05) is 32.9 Å². The predicted molar refractivity (Wildman–Crippen MR) is 93.5 cm³/mol. The third-order valence-corrected chi connectivity index (χ3v) is 2.41. The van der Waals surface area contributed by atoms with Crippen LogP contribution in [0.15, 0.2) is 53.2 Å². The van der Waals surface area contributed by atoms with Crippen molar-refractivity contribution in [1.29, 1.82) is 0 Å². The van der Waals surface area contributed by atoms with Gasteiger partial charge in [-0.15, -0.1) is 0 Å². The lowest BCUT2D eigenvalue weighted by Crippen LogP contribution is -2.19. The van der Waals surface area contributed by atoms with Crippen LogP contribution in [0.1, 0.15) is 27.7 Å². The number of rotatable bonds is 8. The number of allylic oxidation sites excluding steroid dienone is 4. The maximum Gasteiger partial charge on any atom is 0.246 e. The highest BCUT2D eigenvalue weighted by Crippen LogP contribution is 2.01. The van der Waals surface area contributed by atoms with Crippen LogP contribution in [0.25, 0.3) is 0 Å². The molecule has 0 heterocycles. The Morgan fingerprint density at radius 2 is 2.00 bits per heavy atom. The Bertz CT molecular complexity index is 461. The summed E-state index contributed by atoms with van der Waals surface area (Å²) in [4.78, 5) is 22.2. The van der Waals surface area contributed by atoms with Crippen molar-refractivity contribution in [1.82, 2.24) is 10.3 Å². The second-order valence-corrected chi connectivity index (χ2v) is 3.85. The van der Waals surface area contributed by atoms with Crippen LogP contribution in [0.3, 0.4) is 0 Å². The Morgan fingerprint density at radius 3 is 2.45 bits per heavy atom. The molecule has 2 amide bonds. The fourth-order valence-corrected chi connectivity index (χ4v) is 1.23. The number of hydrogen-bond donors (Lipinski definition) is 1. The first kappa shape index (κ1) is 21.9. The summed E-state index contributed by atoms with van der Waals surface area (Å²) in [7, 11) is 1.55. The zero-order valence-electron chi connectivity index (χ0n) is 14.2. The van der Waals surface area contributed by atoms with Gasteiger partial charge in [-0.3, -0.25) is 9.59 Å². The molecule has 0 spiro atoms. The number of hydrogen-bond acceptors (Lipinski definition) is 3. The van der Waals surface area contributed by atoms with Crippen molar-refractivity contribution >= 4 is 18.5 Å². The Kier molecular flexibility index (Phi) is 14.9. The van der Waals surface area contributed by atoms with Crippen molar-refractivity contribution in [2.45, 2.75) is 27.7 Å². The van der Waals surface area contributed by atoms with Crippen LogP contribution in [-0.4, -0.2) is 37.1 Å². The van der Waals surface area contributed by atoms with E-state index in [-0.39, 0.29) is 5.91 Å². The van der Waals surface area contributed by atoms with Gasteiger partial charge in [-0.1, -0.05) is 44.7 Å². The molecule has 0 aromatic carbocycles. The molecule has 0 atom stereocenters. The van der Waals surface area contributed by atoms with Gasteiger partial charge < -0.3 is 5.32 Å². The molecule has 0 radical (unpaired) electrons. The minimum Gasteiger partial charge on any atom is -0.355 e. The molecule has 0 aromatic rings. The number of likely N-dealkylation sites (N-methyl/N-ethyl adjacent to an activating group) is 1. The lowest BCUT2D eigenvalue weighted by atomic mass is 10.2. The molecule has 0 aliphatic heterocycles. The molecule has 22 heavy (non-hydrogen) atoms. The smallest absolute Gasteiger partial charge is 0.246 e. The molecule has 0 unspecified atom stereocenters. The van der Waals surface area contributed by atoms with Gasteiger partial charge in [0.2, 0.25) is 12.3 Å². The minimum absolute atomic E-state index is 0.183. The molecule has 0 aromatic heterocycles. The lowest BCUT2D eigenvalue weighted by Gasteiger charge is -2.10. The number of amides is 2. The Morgan fingerprint density at radius 1 is 1.36 bits per heavy atom. The highest BCUT2D eigenvalue weighted by atomic mass is 16.2. The van der Waals surface area contributed by atoms with Crippen LogP contribution >= 0.6 is 0 Å². The van der Waals surface area contributed by atoms with E-state index < -0.39 is 0 Å². The maximum absolute atomic E-state index is 11.2. The topological polar surface area (TPSA) is 61.8 Å². The van der Waals surface area contributed by atoms with Crippen molar-refractivity contribution < 1.29 is 9.59 Å². The van der Waals surface area contributed by atoms with E-state index in [2.05, 4.69) is 17.0 Å². The van der Waals surface area contributed by atoms with Crippen LogP contribution in [-0.2, 0) is 9.59 Å². The maximum atomic E-state index is 11.2. The average molecular weight is 305 g/mol. The molecule has 0 fully saturated rings. The monoisotopic (exact) mass is 305 g/mol. The molecule has 0 bridgehead atoms. The first-order valence-electron chi connectivity index (χ1n) is 7.18. The summed E-state index contributed by atoms with van der Waals surface area (Å²) < 4.78 is 0. The first-order valence-corrected chi connectivity index (χ1v) is 7.18. The van der Waals surface area contributed by atoms with Gasteiger partial charge >= 0.3 is 0 Å². The molecular weight excluding hydrogens is 278 g/mol. The van der Waals surface area contributed by atoms with Crippen molar-refractivity contribution in [2.75, 3.05) is 13.6 Å². The predicted octanol–water partition coefficient (Wildman–Crippen LogP) is 2.84. The molecule has 5 heteroatoms. The van der Waals surface area contributed by atoms with Gasteiger partial charge in [-0.2, -0.15) is 5.10 Å². The fraction of sp³-hybridized carbons (Fsp3) is 0.353. The summed E-state index contributed by atoms with van der Waals surface area (Å²) in [6.45, 7) is 11.5.